The zero-order chi connectivity index (χ0) is 54.4. The number of hydrogen-bond acceptors (Lipinski definition) is 14. The largest absolute Gasteiger partial charge is 0.490 e. The Morgan fingerprint density at radius 1 is 0.795 bits per heavy atom. The summed E-state index contributed by atoms with van der Waals surface area (Å²) in [5.41, 5.74) is 5.54. The van der Waals surface area contributed by atoms with Gasteiger partial charge in [-0.05, 0) is 162 Å². The molecule has 404 valence electrons. The molecule has 0 bridgehead atoms. The van der Waals surface area contributed by atoms with E-state index in [1.807, 2.05) is 99.3 Å². The molecule has 16 nitrogen and oxygen atoms in total. The summed E-state index contributed by atoms with van der Waals surface area (Å²) in [6, 6.07) is 24.9. The number of rotatable bonds is 13. The summed E-state index contributed by atoms with van der Waals surface area (Å²) in [5.74, 6) is -1.89. The van der Waals surface area contributed by atoms with Gasteiger partial charge in [-0.2, -0.15) is 0 Å². The van der Waals surface area contributed by atoms with E-state index in [2.05, 4.69) is 31.5 Å². The van der Waals surface area contributed by atoms with E-state index < -0.39 is 47.1 Å². The van der Waals surface area contributed by atoms with Crippen molar-refractivity contribution in [3.05, 3.63) is 130 Å². The van der Waals surface area contributed by atoms with Crippen molar-refractivity contribution in [3.63, 3.8) is 0 Å². The van der Waals surface area contributed by atoms with Crippen molar-refractivity contribution in [1.82, 2.24) is 25.1 Å². The fourth-order valence-corrected chi connectivity index (χ4v) is 12.6. The number of imide groups is 2. The molecule has 2 saturated heterocycles. The number of ether oxygens (including phenoxy) is 2. The Labute approximate surface area is 456 Å². The van der Waals surface area contributed by atoms with Gasteiger partial charge in [-0.1, -0.05) is 47.7 Å². The first kappa shape index (κ1) is 52.5. The number of fused-ring (bicyclic) bond motifs is 3. The second-order valence-electron chi connectivity index (χ2n) is 22.1. The Morgan fingerprint density at radius 3 is 2.31 bits per heavy atom. The summed E-state index contributed by atoms with van der Waals surface area (Å²) < 4.78 is 29.3. The van der Waals surface area contributed by atoms with Gasteiger partial charge < -0.3 is 19.3 Å². The third kappa shape index (κ3) is 10.8. The van der Waals surface area contributed by atoms with Gasteiger partial charge in [-0.25, -0.2) is 19.2 Å². The molecule has 78 heavy (non-hydrogen) atoms. The Hall–Kier alpha value is -7.57. The molecule has 3 fully saturated rings. The quantitative estimate of drug-likeness (QED) is 0.0825. The number of hydrogen-bond donors (Lipinski definition) is 2. The topological polar surface area (TPSA) is 184 Å². The molecule has 4 aromatic carbocycles. The molecular formula is C60H63FN8O8S. The van der Waals surface area contributed by atoms with E-state index in [4.69, 9.17) is 14.5 Å². The van der Waals surface area contributed by atoms with Gasteiger partial charge in [0.15, 0.2) is 10.8 Å². The molecule has 5 aliphatic rings. The van der Waals surface area contributed by atoms with E-state index in [1.54, 1.807) is 0 Å². The zero-order valence-electron chi connectivity index (χ0n) is 44.4. The van der Waals surface area contributed by atoms with Crippen molar-refractivity contribution in [2.75, 3.05) is 54.4 Å². The lowest BCUT2D eigenvalue weighted by atomic mass is 9.84. The number of benzene rings is 4. The molecule has 2 N–H and O–H groups in total. The summed E-state index contributed by atoms with van der Waals surface area (Å²) in [5, 5.41) is 5.76. The number of anilines is 3. The van der Waals surface area contributed by atoms with Crippen molar-refractivity contribution in [1.29, 1.82) is 0 Å². The van der Waals surface area contributed by atoms with Crippen LogP contribution < -0.4 is 25.2 Å². The smallest absolute Gasteiger partial charge is 0.358 e. The molecule has 2 aromatic heterocycles. The standard InChI is InChI=1S/C60H63FN8O8S/c1-35-39(40-21-23-51(63-53(40)58(75)77-60(2,3)4)68-27-25-37-11-7-13-41(44(37)34-68)54(71)65-59-62-46-14-5-6-16-50(46)78-59)12-8-15-49(35)76-38-19-17-36(18-20-38)10-9-26-66-28-30-67(31-29-66)48-33-43-42(32-45(48)61)56(73)69(57(43)74)47-22-24-52(70)64-55(47)72/h5-8,11-16,21,23,32-33,36,38,47H,9-10,17-20,22,24-31,34H2,1-4H3,(H,62,65,71)(H,64,70,72). The van der Waals surface area contributed by atoms with Crippen LogP contribution in [0.4, 0.5) is 21.0 Å². The minimum absolute atomic E-state index is 0.0120. The summed E-state index contributed by atoms with van der Waals surface area (Å²) in [4.78, 5) is 95.7. The van der Waals surface area contributed by atoms with Gasteiger partial charge in [0.05, 0.1) is 33.1 Å². The zero-order valence-corrected chi connectivity index (χ0v) is 45.2. The lowest BCUT2D eigenvalue weighted by molar-refractivity contribution is -0.136. The van der Waals surface area contributed by atoms with E-state index in [9.17, 15) is 28.8 Å². The number of carbonyl (C=O) groups excluding carboxylic acids is 6. The number of piperazine rings is 1. The Balaban J connectivity index is 0.689. The van der Waals surface area contributed by atoms with E-state index in [0.29, 0.717) is 60.6 Å². The Bertz CT molecular complexity index is 3340. The van der Waals surface area contributed by atoms with Gasteiger partial charge in [-0.15, -0.1) is 0 Å². The second kappa shape index (κ2) is 21.7. The van der Waals surface area contributed by atoms with Crippen LogP contribution in [0.2, 0.25) is 0 Å². The summed E-state index contributed by atoms with van der Waals surface area (Å²) in [6.07, 6.45) is 6.92. The average molecular weight is 1080 g/mol. The molecule has 4 aliphatic heterocycles. The van der Waals surface area contributed by atoms with Crippen molar-refractivity contribution in [2.24, 2.45) is 5.92 Å². The maximum absolute atomic E-state index is 15.6. The van der Waals surface area contributed by atoms with Crippen molar-refractivity contribution in [3.8, 4) is 16.9 Å². The average Bonchev–Trinajstić information content (AvgIpc) is 4.09. The minimum Gasteiger partial charge on any atom is -0.490 e. The van der Waals surface area contributed by atoms with Crippen molar-refractivity contribution < 1.29 is 42.6 Å². The molecule has 0 radical (unpaired) electrons. The number of halogens is 1. The van der Waals surface area contributed by atoms with Crippen molar-refractivity contribution >= 4 is 73.7 Å². The highest BCUT2D eigenvalue weighted by molar-refractivity contribution is 7.22. The molecular weight excluding hydrogens is 1010 g/mol. The Kier molecular flexibility index (Phi) is 14.6. The van der Waals surface area contributed by atoms with E-state index >= 15 is 4.39 Å². The fraction of sp³-hybridized carbons (Fsp3) is 0.400. The number of esters is 1. The fourth-order valence-electron chi connectivity index (χ4n) is 11.7. The molecule has 1 atom stereocenters. The maximum Gasteiger partial charge on any atom is 0.358 e. The van der Waals surface area contributed by atoms with E-state index in [1.165, 1.54) is 17.4 Å². The number of amides is 5. The second-order valence-corrected chi connectivity index (χ2v) is 23.1. The molecule has 6 heterocycles. The number of nitrogens with one attached hydrogen (secondary N) is 2. The lowest BCUT2D eigenvalue weighted by Crippen LogP contribution is -2.54. The van der Waals surface area contributed by atoms with Crippen LogP contribution in [0.25, 0.3) is 21.3 Å². The van der Waals surface area contributed by atoms with Crippen LogP contribution in [-0.2, 0) is 27.3 Å². The molecule has 1 saturated carbocycles. The van der Waals surface area contributed by atoms with Gasteiger partial charge in [-0.3, -0.25) is 44.4 Å². The summed E-state index contributed by atoms with van der Waals surface area (Å²) in [6.45, 7) is 12.1. The highest BCUT2D eigenvalue weighted by Gasteiger charge is 2.45. The number of thiazole rings is 1. The van der Waals surface area contributed by atoms with Gasteiger partial charge in [0.1, 0.15) is 29.0 Å². The van der Waals surface area contributed by atoms with Crippen molar-refractivity contribution in [2.45, 2.75) is 110 Å². The first-order valence-electron chi connectivity index (χ1n) is 27.1. The third-order valence-corrected chi connectivity index (χ3v) is 16.7. The number of carbonyl (C=O) groups is 6. The molecule has 5 amide bonds. The minimum atomic E-state index is -1.11. The van der Waals surface area contributed by atoms with Crippen LogP contribution in [0, 0.1) is 18.7 Å². The van der Waals surface area contributed by atoms with E-state index in [0.717, 1.165) is 107 Å². The number of pyridine rings is 1. The molecule has 1 aliphatic carbocycles. The van der Waals surface area contributed by atoms with Crippen LogP contribution in [0.1, 0.15) is 130 Å². The first-order valence-corrected chi connectivity index (χ1v) is 27.9. The normalized spacial score (nSPS) is 19.9. The van der Waals surface area contributed by atoms with Crippen LogP contribution in [0.15, 0.2) is 84.9 Å². The number of piperidine rings is 1. The van der Waals surface area contributed by atoms with Gasteiger partial charge >= 0.3 is 5.97 Å². The predicted octanol–water partition coefficient (Wildman–Crippen LogP) is 9.52. The molecule has 1 unspecified atom stereocenters. The number of para-hydroxylation sites is 1. The van der Waals surface area contributed by atoms with Crippen LogP contribution >= 0.6 is 11.3 Å². The highest BCUT2D eigenvalue weighted by atomic mass is 32.1. The Morgan fingerprint density at radius 2 is 1.55 bits per heavy atom. The van der Waals surface area contributed by atoms with Gasteiger partial charge in [0.2, 0.25) is 11.8 Å². The van der Waals surface area contributed by atoms with Gasteiger partial charge in [0, 0.05) is 56.8 Å². The van der Waals surface area contributed by atoms with Gasteiger partial charge in [0.25, 0.3) is 17.7 Å². The molecule has 11 rings (SSSR count). The number of aromatic nitrogens is 2. The monoisotopic (exact) mass is 1070 g/mol. The first-order chi connectivity index (χ1) is 37.5. The predicted molar refractivity (Wildman–Crippen MR) is 296 cm³/mol. The maximum atomic E-state index is 15.6. The van der Waals surface area contributed by atoms with E-state index in [-0.39, 0.29) is 47.4 Å². The number of nitrogens with zero attached hydrogens (tertiary/aromatic N) is 6. The molecule has 0 spiro atoms. The summed E-state index contributed by atoms with van der Waals surface area (Å²) in [7, 11) is 0. The molecule has 6 aromatic rings. The SMILES string of the molecule is Cc1c(OC2CCC(CCCN3CCN(c4cc5c(cc4F)C(=O)N(C4CCC(=O)NC4=O)C5=O)CC3)CC2)cccc1-c1ccc(N2CCc3cccc(C(=O)Nc4nc5ccccc5s4)c3C2)nc1C(=O)OC(C)(C)C. The van der Waals surface area contributed by atoms with Crippen LogP contribution in [0.5, 0.6) is 5.75 Å². The lowest BCUT2D eigenvalue weighted by Gasteiger charge is -2.36. The summed E-state index contributed by atoms with van der Waals surface area (Å²) >= 11 is 1.44. The molecule has 18 heteroatoms. The van der Waals surface area contributed by atoms with Crippen LogP contribution in [-0.4, -0.2) is 112 Å². The van der Waals surface area contributed by atoms with Crippen LogP contribution in [0.3, 0.4) is 0 Å². The highest BCUT2D eigenvalue weighted by Crippen LogP contribution is 2.39. The third-order valence-electron chi connectivity index (χ3n) is 15.8.